The molecule has 2 rings (SSSR count). The SMILES string of the molecule is CNC(=O)Nc1ccc2c(c1)CCOC(=O)NC(=O)C2. The first-order valence-electron chi connectivity index (χ1n) is 6.15. The fraction of sp³-hybridized carbons (Fsp3) is 0.308. The molecule has 0 spiro atoms. The van der Waals surface area contributed by atoms with Gasteiger partial charge in [0.05, 0.1) is 13.0 Å². The third kappa shape index (κ3) is 3.47. The quantitative estimate of drug-likeness (QED) is 0.707. The van der Waals surface area contributed by atoms with Gasteiger partial charge in [0.15, 0.2) is 0 Å². The van der Waals surface area contributed by atoms with Crippen LogP contribution in [0.4, 0.5) is 15.3 Å². The van der Waals surface area contributed by atoms with Crippen LogP contribution in [-0.4, -0.2) is 31.7 Å². The molecule has 1 aromatic carbocycles. The van der Waals surface area contributed by atoms with Crippen LogP contribution in [0.15, 0.2) is 18.2 Å². The average Bonchev–Trinajstić information content (AvgIpc) is 2.46. The number of alkyl carbamates (subject to hydrolysis) is 1. The van der Waals surface area contributed by atoms with E-state index in [0.717, 1.165) is 11.1 Å². The first kappa shape index (κ1) is 13.9. The van der Waals surface area contributed by atoms with Crippen LogP contribution in [0.1, 0.15) is 11.1 Å². The lowest BCUT2D eigenvalue weighted by Gasteiger charge is -2.10. The van der Waals surface area contributed by atoms with Crippen molar-refractivity contribution in [1.29, 1.82) is 0 Å². The second kappa shape index (κ2) is 6.05. The second-order valence-electron chi connectivity index (χ2n) is 4.30. The standard InChI is InChI=1S/C13H15N3O4/c1-14-12(18)15-10-3-2-8-7-11(17)16-13(19)20-5-4-9(8)6-10/h2-3,6H,4-5,7H2,1H3,(H2,14,15,18)(H,16,17,19). The lowest BCUT2D eigenvalue weighted by atomic mass is 10.0. The lowest BCUT2D eigenvalue weighted by Crippen LogP contribution is -2.31. The van der Waals surface area contributed by atoms with Crippen molar-refractivity contribution in [3.63, 3.8) is 0 Å². The Morgan fingerprint density at radius 1 is 1.30 bits per heavy atom. The van der Waals surface area contributed by atoms with Crippen molar-refractivity contribution in [2.45, 2.75) is 12.8 Å². The van der Waals surface area contributed by atoms with Crippen LogP contribution < -0.4 is 16.0 Å². The molecule has 0 aliphatic carbocycles. The van der Waals surface area contributed by atoms with E-state index in [1.165, 1.54) is 7.05 Å². The van der Waals surface area contributed by atoms with E-state index in [0.29, 0.717) is 12.1 Å². The van der Waals surface area contributed by atoms with Crippen molar-refractivity contribution < 1.29 is 19.1 Å². The van der Waals surface area contributed by atoms with Gasteiger partial charge in [-0.05, 0) is 23.3 Å². The maximum absolute atomic E-state index is 11.6. The minimum atomic E-state index is -0.730. The summed E-state index contributed by atoms with van der Waals surface area (Å²) >= 11 is 0. The van der Waals surface area contributed by atoms with Gasteiger partial charge in [0.1, 0.15) is 0 Å². The zero-order valence-corrected chi connectivity index (χ0v) is 11.0. The van der Waals surface area contributed by atoms with Crippen LogP contribution in [0.3, 0.4) is 0 Å². The summed E-state index contributed by atoms with van der Waals surface area (Å²) in [6.07, 6.45) is -0.143. The van der Waals surface area contributed by atoms with Crippen LogP contribution in [0.25, 0.3) is 0 Å². The van der Waals surface area contributed by atoms with Crippen molar-refractivity contribution in [3.8, 4) is 0 Å². The van der Waals surface area contributed by atoms with Gasteiger partial charge in [-0.3, -0.25) is 10.1 Å². The van der Waals surface area contributed by atoms with Gasteiger partial charge in [0, 0.05) is 19.2 Å². The fourth-order valence-electron chi connectivity index (χ4n) is 1.92. The zero-order valence-electron chi connectivity index (χ0n) is 11.0. The summed E-state index contributed by atoms with van der Waals surface area (Å²) < 4.78 is 4.86. The molecule has 106 valence electrons. The van der Waals surface area contributed by atoms with E-state index in [1.54, 1.807) is 18.2 Å². The molecule has 0 unspecified atom stereocenters. The Morgan fingerprint density at radius 2 is 2.10 bits per heavy atom. The largest absolute Gasteiger partial charge is 0.449 e. The highest BCUT2D eigenvalue weighted by Gasteiger charge is 2.16. The van der Waals surface area contributed by atoms with Crippen LogP contribution in [0.5, 0.6) is 0 Å². The van der Waals surface area contributed by atoms with Gasteiger partial charge >= 0.3 is 12.1 Å². The molecule has 7 heteroatoms. The van der Waals surface area contributed by atoms with Gasteiger partial charge in [-0.1, -0.05) is 6.07 Å². The smallest absolute Gasteiger partial charge is 0.413 e. The summed E-state index contributed by atoms with van der Waals surface area (Å²) in [5.74, 6) is -0.412. The summed E-state index contributed by atoms with van der Waals surface area (Å²) in [5, 5.41) is 7.25. The van der Waals surface area contributed by atoms with Crippen molar-refractivity contribution in [2.75, 3.05) is 19.0 Å². The molecule has 0 saturated carbocycles. The molecule has 0 radical (unpaired) electrons. The summed E-state index contributed by atoms with van der Waals surface area (Å²) in [4.78, 5) is 34.0. The molecule has 1 aromatic rings. The topological polar surface area (TPSA) is 96.5 Å². The minimum absolute atomic E-state index is 0.102. The number of rotatable bonds is 1. The molecule has 0 saturated heterocycles. The monoisotopic (exact) mass is 277 g/mol. The Morgan fingerprint density at radius 3 is 2.85 bits per heavy atom. The maximum atomic E-state index is 11.6. The number of hydrogen-bond donors (Lipinski definition) is 3. The predicted molar refractivity (Wildman–Crippen MR) is 71.4 cm³/mol. The molecule has 0 fully saturated rings. The van der Waals surface area contributed by atoms with Gasteiger partial charge in [0.25, 0.3) is 0 Å². The Labute approximate surface area is 115 Å². The highest BCUT2D eigenvalue weighted by atomic mass is 16.5. The minimum Gasteiger partial charge on any atom is -0.449 e. The Kier molecular flexibility index (Phi) is 4.19. The first-order valence-corrected chi connectivity index (χ1v) is 6.15. The summed E-state index contributed by atoms with van der Waals surface area (Å²) in [7, 11) is 1.52. The molecule has 0 aromatic heterocycles. The summed E-state index contributed by atoms with van der Waals surface area (Å²) in [5.41, 5.74) is 2.29. The number of nitrogens with one attached hydrogen (secondary N) is 3. The highest BCUT2D eigenvalue weighted by Crippen LogP contribution is 2.18. The van der Waals surface area contributed by atoms with Gasteiger partial charge < -0.3 is 15.4 Å². The van der Waals surface area contributed by atoms with Crippen LogP contribution in [-0.2, 0) is 22.4 Å². The number of urea groups is 1. The highest BCUT2D eigenvalue weighted by molar-refractivity contribution is 5.93. The van der Waals surface area contributed by atoms with Crippen molar-refractivity contribution in [2.24, 2.45) is 0 Å². The number of carbonyl (C=O) groups excluding carboxylic acids is 3. The number of hydrogen-bond acceptors (Lipinski definition) is 4. The fourth-order valence-corrected chi connectivity index (χ4v) is 1.92. The van der Waals surface area contributed by atoms with E-state index in [-0.39, 0.29) is 19.1 Å². The number of ether oxygens (including phenoxy) is 1. The van der Waals surface area contributed by atoms with Crippen molar-refractivity contribution in [1.82, 2.24) is 10.6 Å². The van der Waals surface area contributed by atoms with E-state index in [2.05, 4.69) is 16.0 Å². The summed E-state index contributed by atoms with van der Waals surface area (Å²) in [6.45, 7) is 0.176. The van der Waals surface area contributed by atoms with E-state index < -0.39 is 12.0 Å². The molecular formula is C13H15N3O4. The molecular weight excluding hydrogens is 262 g/mol. The van der Waals surface area contributed by atoms with Gasteiger partial charge in [-0.2, -0.15) is 0 Å². The molecule has 1 aliphatic rings. The number of imide groups is 1. The van der Waals surface area contributed by atoms with Crippen LogP contribution >= 0.6 is 0 Å². The Bertz CT molecular complexity index is 557. The van der Waals surface area contributed by atoms with E-state index in [4.69, 9.17) is 4.74 Å². The van der Waals surface area contributed by atoms with Crippen molar-refractivity contribution in [3.05, 3.63) is 29.3 Å². The predicted octanol–water partition coefficient (Wildman–Crippen LogP) is 0.789. The summed E-state index contributed by atoms with van der Waals surface area (Å²) in [6, 6.07) is 4.92. The second-order valence-corrected chi connectivity index (χ2v) is 4.30. The third-order valence-corrected chi connectivity index (χ3v) is 2.89. The lowest BCUT2D eigenvalue weighted by molar-refractivity contribution is -0.119. The van der Waals surface area contributed by atoms with E-state index in [1.807, 2.05) is 0 Å². The van der Waals surface area contributed by atoms with Crippen molar-refractivity contribution >= 4 is 23.7 Å². The average molecular weight is 277 g/mol. The van der Waals surface area contributed by atoms with Crippen LogP contribution in [0, 0.1) is 0 Å². The first-order chi connectivity index (χ1) is 9.58. The van der Waals surface area contributed by atoms with Gasteiger partial charge in [-0.15, -0.1) is 0 Å². The molecule has 0 bridgehead atoms. The third-order valence-electron chi connectivity index (χ3n) is 2.89. The molecule has 7 nitrogen and oxygen atoms in total. The van der Waals surface area contributed by atoms with Gasteiger partial charge in [-0.25, -0.2) is 9.59 Å². The van der Waals surface area contributed by atoms with Gasteiger partial charge in [0.2, 0.25) is 5.91 Å². The number of carbonyl (C=O) groups is 3. The molecule has 1 aliphatic heterocycles. The molecule has 0 atom stereocenters. The number of amides is 4. The normalized spacial score (nSPS) is 14.8. The Balaban J connectivity index is 2.23. The number of fused-ring (bicyclic) bond motifs is 1. The number of anilines is 1. The van der Waals surface area contributed by atoms with E-state index >= 15 is 0 Å². The number of cyclic esters (lactones) is 1. The molecule has 4 amide bonds. The molecule has 3 N–H and O–H groups in total. The maximum Gasteiger partial charge on any atom is 0.413 e. The van der Waals surface area contributed by atoms with E-state index in [9.17, 15) is 14.4 Å². The zero-order chi connectivity index (χ0) is 14.5. The molecule has 20 heavy (non-hydrogen) atoms. The number of benzene rings is 1. The van der Waals surface area contributed by atoms with Crippen LogP contribution in [0.2, 0.25) is 0 Å². The Hall–Kier alpha value is -2.57. The molecule has 1 heterocycles.